The van der Waals surface area contributed by atoms with Crippen LogP contribution in [-0.2, 0) is 47.6 Å². The van der Waals surface area contributed by atoms with E-state index in [0.29, 0.717) is 0 Å². The summed E-state index contributed by atoms with van der Waals surface area (Å²) in [4.78, 5) is 82.6. The molecular formula is C44H55NO16. The number of ether oxygens (including phenoxy) is 6. The number of Topliss-reactive ketones (excluding diaryl/α,β-unsaturated/α-hetero) is 1. The first-order chi connectivity index (χ1) is 28.4. The standard InChI is InChI=1S/C44H55NO16/c1-10-29(47)58-27-19-28-43(21-56-28,60-23(3)46)34-36(59-37(51)24-15-12-11-13-16-24)44(54)20-26(22(2)30(41(44,7)8)32(48)35(50)42(27,34)9)57-38(52)33(49)31(25-17-14-18-55-25)45-39(53)61-40(4,5)6/h11-18,26-28,31-34,36,48-49,54H,10,19-21H2,1-9H3,(H,45,53)/t26?,27?,28?,31?,32?,33?,34?,36?,42-,43+,44-/m1/s1. The molecule has 1 aliphatic heterocycles. The van der Waals surface area contributed by atoms with Crippen LogP contribution in [0, 0.1) is 16.7 Å². The van der Waals surface area contributed by atoms with Crippen LogP contribution < -0.4 is 5.32 Å². The van der Waals surface area contributed by atoms with Crippen LogP contribution in [0.5, 0.6) is 0 Å². The molecule has 1 amide bonds. The highest BCUT2D eigenvalue weighted by molar-refractivity contribution is 5.94. The molecule has 3 fully saturated rings. The van der Waals surface area contributed by atoms with Crippen molar-refractivity contribution < 1.29 is 76.9 Å². The van der Waals surface area contributed by atoms with E-state index in [1.807, 2.05) is 0 Å². The molecular weight excluding hydrogens is 798 g/mol. The van der Waals surface area contributed by atoms with Crippen LogP contribution in [0.2, 0.25) is 0 Å². The third-order valence-electron chi connectivity index (χ3n) is 12.8. The van der Waals surface area contributed by atoms with Crippen molar-refractivity contribution in [2.75, 3.05) is 6.61 Å². The van der Waals surface area contributed by atoms with Crippen molar-refractivity contribution in [3.8, 4) is 0 Å². The number of alkyl carbamates (subject to hydrolysis) is 1. The predicted molar refractivity (Wildman–Crippen MR) is 210 cm³/mol. The van der Waals surface area contributed by atoms with Crippen molar-refractivity contribution in [2.24, 2.45) is 16.7 Å². The van der Waals surface area contributed by atoms with Gasteiger partial charge in [-0.3, -0.25) is 14.4 Å². The van der Waals surface area contributed by atoms with Crippen LogP contribution in [0.4, 0.5) is 4.79 Å². The molecule has 61 heavy (non-hydrogen) atoms. The van der Waals surface area contributed by atoms with Gasteiger partial charge in [0.05, 0.1) is 29.8 Å². The number of aliphatic hydroxyl groups excluding tert-OH is 2. The van der Waals surface area contributed by atoms with Crippen molar-refractivity contribution in [1.82, 2.24) is 5.32 Å². The molecule has 332 valence electrons. The van der Waals surface area contributed by atoms with Gasteiger partial charge < -0.3 is 53.5 Å². The maximum atomic E-state index is 15.3. The molecule has 8 unspecified atom stereocenters. The molecule has 4 N–H and O–H groups in total. The summed E-state index contributed by atoms with van der Waals surface area (Å²) >= 11 is 0. The van der Waals surface area contributed by atoms with E-state index < -0.39 is 118 Å². The zero-order valence-electron chi connectivity index (χ0n) is 35.7. The molecule has 2 saturated carbocycles. The summed E-state index contributed by atoms with van der Waals surface area (Å²) in [6, 6.07) is 9.15. The van der Waals surface area contributed by atoms with Crippen molar-refractivity contribution >= 4 is 35.8 Å². The summed E-state index contributed by atoms with van der Waals surface area (Å²) in [7, 11) is 0. The number of carbonyl (C=O) groups is 6. The largest absolute Gasteiger partial charge is 0.467 e. The Morgan fingerprint density at radius 3 is 2.23 bits per heavy atom. The number of rotatable bonds is 10. The van der Waals surface area contributed by atoms with Crippen LogP contribution in [-0.4, -0.2) is 111 Å². The number of esters is 4. The SMILES string of the molecule is CCC(=O)OC1CC2OC[C@@]2(OC(C)=O)C2C(OC(=O)c3ccccc3)[C@]3(O)CC(OC(=O)C(O)C(NC(=O)OC(C)(C)C)c4ccco4)C(C)=C(C(O)C(=O)[C@]12C)C3(C)C. The molecule has 17 heteroatoms. The van der Waals surface area contributed by atoms with E-state index >= 15 is 4.79 Å². The molecule has 1 saturated heterocycles. The second-order valence-corrected chi connectivity index (χ2v) is 18.0. The monoisotopic (exact) mass is 853 g/mol. The Kier molecular flexibility index (Phi) is 12.1. The first-order valence-electron chi connectivity index (χ1n) is 20.3. The predicted octanol–water partition coefficient (Wildman–Crippen LogP) is 3.81. The van der Waals surface area contributed by atoms with Gasteiger partial charge in [0.1, 0.15) is 53.5 Å². The van der Waals surface area contributed by atoms with E-state index in [4.69, 9.17) is 32.8 Å². The molecule has 4 aliphatic rings. The summed E-state index contributed by atoms with van der Waals surface area (Å²) in [6.45, 7) is 13.2. The Balaban J connectivity index is 1.52. The van der Waals surface area contributed by atoms with Gasteiger partial charge >= 0.3 is 30.0 Å². The van der Waals surface area contributed by atoms with Crippen LogP contribution in [0.15, 0.2) is 64.3 Å². The lowest BCUT2D eigenvalue weighted by molar-refractivity contribution is -0.346. The number of hydrogen-bond acceptors (Lipinski definition) is 16. The Bertz CT molecular complexity index is 2070. The normalized spacial score (nSPS) is 32.6. The first-order valence-corrected chi connectivity index (χ1v) is 20.3. The van der Waals surface area contributed by atoms with Gasteiger partial charge in [0.2, 0.25) is 0 Å². The molecule has 2 bridgehead atoms. The highest BCUT2D eigenvalue weighted by Crippen LogP contribution is 2.64. The maximum Gasteiger partial charge on any atom is 0.408 e. The Morgan fingerprint density at radius 2 is 1.67 bits per heavy atom. The van der Waals surface area contributed by atoms with Gasteiger partial charge in [0, 0.05) is 31.6 Å². The maximum absolute atomic E-state index is 15.3. The fourth-order valence-corrected chi connectivity index (χ4v) is 9.72. The summed E-state index contributed by atoms with van der Waals surface area (Å²) in [5, 5.41) is 40.0. The molecule has 17 nitrogen and oxygen atoms in total. The summed E-state index contributed by atoms with van der Waals surface area (Å²) < 4.78 is 41.1. The number of nitrogens with one attached hydrogen (secondary N) is 1. The third-order valence-corrected chi connectivity index (χ3v) is 12.8. The van der Waals surface area contributed by atoms with E-state index in [0.717, 1.165) is 6.92 Å². The molecule has 11 atom stereocenters. The van der Waals surface area contributed by atoms with Gasteiger partial charge in [-0.1, -0.05) is 39.0 Å². The Hall–Kier alpha value is -5.10. The van der Waals surface area contributed by atoms with Crippen molar-refractivity contribution in [3.05, 3.63) is 71.2 Å². The van der Waals surface area contributed by atoms with E-state index in [1.165, 1.54) is 58.2 Å². The van der Waals surface area contributed by atoms with Gasteiger partial charge in [-0.25, -0.2) is 14.4 Å². The lowest BCUT2D eigenvalue weighted by Crippen LogP contribution is -2.82. The van der Waals surface area contributed by atoms with E-state index in [2.05, 4.69) is 5.32 Å². The number of benzene rings is 1. The number of furan rings is 1. The van der Waals surface area contributed by atoms with E-state index in [-0.39, 0.29) is 41.9 Å². The average molecular weight is 854 g/mol. The van der Waals surface area contributed by atoms with E-state index in [9.17, 15) is 39.3 Å². The van der Waals surface area contributed by atoms with Gasteiger partial charge in [-0.15, -0.1) is 0 Å². The van der Waals surface area contributed by atoms with Gasteiger partial charge in [-0.2, -0.15) is 0 Å². The van der Waals surface area contributed by atoms with Crippen LogP contribution in [0.1, 0.15) is 104 Å². The summed E-state index contributed by atoms with van der Waals surface area (Å²) in [5.41, 5.74) is -8.76. The Morgan fingerprint density at radius 1 is 1.00 bits per heavy atom. The number of amides is 1. The molecule has 1 aromatic carbocycles. The average Bonchev–Trinajstić information content (AvgIpc) is 3.72. The highest BCUT2D eigenvalue weighted by atomic mass is 16.6. The minimum atomic E-state index is -2.41. The fraction of sp³-hybridized carbons (Fsp3) is 0.591. The fourth-order valence-electron chi connectivity index (χ4n) is 9.72. The minimum Gasteiger partial charge on any atom is -0.467 e. The molecule has 1 aromatic heterocycles. The van der Waals surface area contributed by atoms with Gasteiger partial charge in [0.15, 0.2) is 17.5 Å². The Labute approximate surface area is 353 Å². The van der Waals surface area contributed by atoms with Crippen LogP contribution >= 0.6 is 0 Å². The quantitative estimate of drug-likeness (QED) is 0.151. The number of aliphatic hydroxyl groups is 3. The molecule has 6 rings (SSSR count). The smallest absolute Gasteiger partial charge is 0.408 e. The van der Waals surface area contributed by atoms with Crippen molar-refractivity contribution in [1.29, 1.82) is 0 Å². The van der Waals surface area contributed by atoms with Crippen LogP contribution in [0.3, 0.4) is 0 Å². The van der Waals surface area contributed by atoms with Crippen molar-refractivity contribution in [2.45, 2.75) is 141 Å². The van der Waals surface area contributed by atoms with Crippen molar-refractivity contribution in [3.63, 3.8) is 0 Å². The molecule has 2 aromatic rings. The van der Waals surface area contributed by atoms with E-state index in [1.54, 1.807) is 45.9 Å². The van der Waals surface area contributed by atoms with Crippen LogP contribution in [0.25, 0.3) is 0 Å². The van der Waals surface area contributed by atoms with Gasteiger partial charge in [-0.05, 0) is 70.0 Å². The molecule has 0 radical (unpaired) electrons. The minimum absolute atomic E-state index is 0.0317. The zero-order valence-corrected chi connectivity index (χ0v) is 35.7. The highest BCUT2D eigenvalue weighted by Gasteiger charge is 2.78. The van der Waals surface area contributed by atoms with Gasteiger partial charge in [0.25, 0.3) is 0 Å². The topological polar surface area (TPSA) is 244 Å². The lowest BCUT2D eigenvalue weighted by Gasteiger charge is -2.67. The first kappa shape index (κ1) is 45.4. The number of hydrogen-bond donors (Lipinski definition) is 4. The second-order valence-electron chi connectivity index (χ2n) is 18.0. The molecule has 3 aliphatic carbocycles. The number of fused-ring (bicyclic) bond motifs is 5. The number of carbonyl (C=O) groups excluding carboxylic acids is 6. The zero-order chi connectivity index (χ0) is 45.0. The summed E-state index contributed by atoms with van der Waals surface area (Å²) in [6.07, 6.45) is -10.5. The number of ketones is 1. The molecule has 2 heterocycles. The third kappa shape index (κ3) is 7.85. The molecule has 0 spiro atoms. The second kappa shape index (κ2) is 16.3. The summed E-state index contributed by atoms with van der Waals surface area (Å²) in [5.74, 6) is -6.25. The lowest BCUT2D eigenvalue weighted by atomic mass is 9.44.